The van der Waals surface area contributed by atoms with Crippen LogP contribution in [-0.4, -0.2) is 35.1 Å². The molecule has 0 radical (unpaired) electrons. The summed E-state index contributed by atoms with van der Waals surface area (Å²) in [5.74, 6) is 2.09. The van der Waals surface area contributed by atoms with Crippen molar-refractivity contribution in [3.05, 3.63) is 107 Å². The second-order valence-electron chi connectivity index (χ2n) is 7.81. The smallest absolute Gasteiger partial charge is 0.408 e. The lowest BCUT2D eigenvalue weighted by atomic mass is 10.1. The molecule has 3 rings (SSSR count). The number of carbonyl (C=O) groups is 2. The van der Waals surface area contributed by atoms with Crippen LogP contribution >= 0.6 is 0 Å². The van der Waals surface area contributed by atoms with Gasteiger partial charge in [0.15, 0.2) is 6.19 Å². The largest absolute Gasteiger partial charge is 0.445 e. The normalized spacial score (nSPS) is 10.8. The molecule has 0 saturated carbocycles. The standard InChI is InChI=1S/C28H26N4O3/c1-3-22-14-16-25(17-15-22)20-35-28(34)30-26(18-23-10-6-4-7-11-23)27(33)31(2)32(21-29)19-24-12-8-5-9-13-24/h1,4-17,26H,18-20H2,2H3,(H,30,34)/t26-/m0/s1. The quantitative estimate of drug-likeness (QED) is 0.224. The van der Waals surface area contributed by atoms with Gasteiger partial charge in [-0.1, -0.05) is 78.7 Å². The lowest BCUT2D eigenvalue weighted by Crippen LogP contribution is -2.52. The van der Waals surface area contributed by atoms with Gasteiger partial charge in [-0.25, -0.2) is 14.8 Å². The highest BCUT2D eigenvalue weighted by molar-refractivity contribution is 5.85. The number of ether oxygens (including phenoxy) is 1. The fourth-order valence-electron chi connectivity index (χ4n) is 3.39. The fraction of sp³-hybridized carbons (Fsp3) is 0.179. The van der Waals surface area contributed by atoms with E-state index in [-0.39, 0.29) is 19.6 Å². The number of nitriles is 1. The molecule has 0 aliphatic rings. The van der Waals surface area contributed by atoms with E-state index in [1.807, 2.05) is 66.9 Å². The van der Waals surface area contributed by atoms with Crippen molar-refractivity contribution >= 4 is 12.0 Å². The average molecular weight is 467 g/mol. The summed E-state index contributed by atoms with van der Waals surface area (Å²) in [4.78, 5) is 25.9. The Balaban J connectivity index is 1.70. The van der Waals surface area contributed by atoms with Crippen LogP contribution in [0.3, 0.4) is 0 Å². The topological polar surface area (TPSA) is 85.7 Å². The highest BCUT2D eigenvalue weighted by Crippen LogP contribution is 2.11. The SMILES string of the molecule is C#Cc1ccc(COC(=O)N[C@@H](Cc2ccccc2)C(=O)N(C)N(C#N)Cc2ccccc2)cc1. The van der Waals surface area contributed by atoms with E-state index < -0.39 is 18.0 Å². The molecule has 35 heavy (non-hydrogen) atoms. The summed E-state index contributed by atoms with van der Waals surface area (Å²) in [5, 5.41) is 14.8. The zero-order valence-corrected chi connectivity index (χ0v) is 19.4. The minimum atomic E-state index is -0.940. The Morgan fingerprint density at radius 2 is 1.54 bits per heavy atom. The van der Waals surface area contributed by atoms with Gasteiger partial charge in [-0.05, 0) is 28.8 Å². The molecule has 0 fully saturated rings. The van der Waals surface area contributed by atoms with Crippen LogP contribution in [0.4, 0.5) is 4.79 Å². The number of likely N-dealkylation sites (N-methyl/N-ethyl adjacent to an activating group) is 1. The summed E-state index contributed by atoms with van der Waals surface area (Å²) in [6.45, 7) is 0.243. The van der Waals surface area contributed by atoms with Crippen molar-refractivity contribution in [2.24, 2.45) is 0 Å². The van der Waals surface area contributed by atoms with Gasteiger partial charge in [0.1, 0.15) is 12.6 Å². The maximum atomic E-state index is 13.4. The maximum Gasteiger partial charge on any atom is 0.408 e. The number of nitrogens with zero attached hydrogens (tertiary/aromatic N) is 3. The molecule has 1 N–H and O–H groups in total. The number of hydrogen-bond donors (Lipinski definition) is 1. The molecule has 7 nitrogen and oxygen atoms in total. The average Bonchev–Trinajstić information content (AvgIpc) is 2.91. The maximum absolute atomic E-state index is 13.4. The van der Waals surface area contributed by atoms with E-state index in [1.54, 1.807) is 24.3 Å². The van der Waals surface area contributed by atoms with Crippen LogP contribution in [0.1, 0.15) is 22.3 Å². The van der Waals surface area contributed by atoms with E-state index >= 15 is 0 Å². The van der Waals surface area contributed by atoms with Gasteiger partial charge >= 0.3 is 6.09 Å². The summed E-state index contributed by atoms with van der Waals surface area (Å²) in [6.07, 6.45) is 6.90. The fourth-order valence-corrected chi connectivity index (χ4v) is 3.39. The molecular formula is C28H26N4O3. The molecule has 3 aromatic rings. The van der Waals surface area contributed by atoms with Crippen LogP contribution in [0.2, 0.25) is 0 Å². The molecule has 0 spiro atoms. The third-order valence-electron chi connectivity index (χ3n) is 5.34. The van der Waals surface area contributed by atoms with Crippen LogP contribution in [0, 0.1) is 23.8 Å². The summed E-state index contributed by atoms with van der Waals surface area (Å²) >= 11 is 0. The summed E-state index contributed by atoms with van der Waals surface area (Å²) < 4.78 is 5.33. The first-order valence-corrected chi connectivity index (χ1v) is 11.0. The third-order valence-corrected chi connectivity index (χ3v) is 5.34. The number of amides is 2. The Morgan fingerprint density at radius 1 is 0.943 bits per heavy atom. The highest BCUT2D eigenvalue weighted by atomic mass is 16.5. The van der Waals surface area contributed by atoms with Gasteiger partial charge < -0.3 is 10.1 Å². The Labute approximate surface area is 205 Å². The van der Waals surface area contributed by atoms with Gasteiger partial charge in [0.25, 0.3) is 5.91 Å². The number of benzene rings is 3. The number of terminal acetylenes is 1. The molecule has 0 aromatic heterocycles. The van der Waals surface area contributed by atoms with Crippen molar-refractivity contribution in [3.8, 4) is 18.5 Å². The van der Waals surface area contributed by atoms with Gasteiger partial charge in [-0.3, -0.25) is 4.79 Å². The second-order valence-corrected chi connectivity index (χ2v) is 7.81. The van der Waals surface area contributed by atoms with Crippen LogP contribution in [-0.2, 0) is 29.1 Å². The van der Waals surface area contributed by atoms with Crippen LogP contribution in [0.5, 0.6) is 0 Å². The molecule has 0 aliphatic heterocycles. The molecule has 0 unspecified atom stereocenters. The van der Waals surface area contributed by atoms with Gasteiger partial charge in [0, 0.05) is 19.0 Å². The van der Waals surface area contributed by atoms with E-state index in [4.69, 9.17) is 11.2 Å². The van der Waals surface area contributed by atoms with Crippen LogP contribution in [0.15, 0.2) is 84.9 Å². The van der Waals surface area contributed by atoms with Gasteiger partial charge in [-0.2, -0.15) is 5.26 Å². The van der Waals surface area contributed by atoms with Crippen molar-refractivity contribution < 1.29 is 14.3 Å². The Hall–Kier alpha value is -4.75. The summed E-state index contributed by atoms with van der Waals surface area (Å²) in [7, 11) is 1.51. The third kappa shape index (κ3) is 7.38. The zero-order chi connectivity index (χ0) is 25.0. The molecule has 0 bridgehead atoms. The number of alkyl carbamates (subject to hydrolysis) is 1. The molecule has 2 amide bonds. The van der Waals surface area contributed by atoms with Gasteiger partial charge in [0.05, 0.1) is 6.54 Å². The zero-order valence-electron chi connectivity index (χ0n) is 19.4. The van der Waals surface area contributed by atoms with E-state index in [2.05, 4.69) is 11.2 Å². The molecule has 1 atom stereocenters. The number of rotatable bonds is 9. The molecule has 3 aromatic carbocycles. The van der Waals surface area contributed by atoms with Crippen molar-refractivity contribution in [2.75, 3.05) is 7.05 Å². The van der Waals surface area contributed by atoms with Crippen molar-refractivity contribution in [1.29, 1.82) is 5.26 Å². The van der Waals surface area contributed by atoms with Crippen molar-refractivity contribution in [1.82, 2.24) is 15.3 Å². The highest BCUT2D eigenvalue weighted by Gasteiger charge is 2.28. The molecule has 0 heterocycles. The number of hydrazine groups is 1. The van der Waals surface area contributed by atoms with Crippen LogP contribution < -0.4 is 5.32 Å². The Morgan fingerprint density at radius 3 is 2.11 bits per heavy atom. The first-order chi connectivity index (χ1) is 17.0. The van der Waals surface area contributed by atoms with E-state index in [0.29, 0.717) is 0 Å². The molecular weight excluding hydrogens is 440 g/mol. The minimum Gasteiger partial charge on any atom is -0.445 e. The summed E-state index contributed by atoms with van der Waals surface area (Å²) in [5.41, 5.74) is 3.22. The first kappa shape index (κ1) is 24.9. The lowest BCUT2D eigenvalue weighted by molar-refractivity contribution is -0.143. The summed E-state index contributed by atoms with van der Waals surface area (Å²) in [6, 6.07) is 24.8. The predicted octanol–water partition coefficient (Wildman–Crippen LogP) is 3.86. The monoisotopic (exact) mass is 466 g/mol. The lowest BCUT2D eigenvalue weighted by Gasteiger charge is -2.30. The molecule has 0 aliphatic carbocycles. The molecule has 176 valence electrons. The van der Waals surface area contributed by atoms with E-state index in [0.717, 1.165) is 22.3 Å². The molecule has 0 saturated heterocycles. The second kappa shape index (κ2) is 12.5. The van der Waals surface area contributed by atoms with E-state index in [9.17, 15) is 14.9 Å². The minimum absolute atomic E-state index is 0.0249. The van der Waals surface area contributed by atoms with Gasteiger partial charge in [-0.15, -0.1) is 6.42 Å². The van der Waals surface area contributed by atoms with Gasteiger partial charge in [0.2, 0.25) is 0 Å². The number of carbonyl (C=O) groups excluding carboxylic acids is 2. The number of hydrogen-bond acceptors (Lipinski definition) is 5. The number of nitrogens with one attached hydrogen (secondary N) is 1. The van der Waals surface area contributed by atoms with Crippen molar-refractivity contribution in [3.63, 3.8) is 0 Å². The van der Waals surface area contributed by atoms with Crippen LogP contribution in [0.25, 0.3) is 0 Å². The predicted molar refractivity (Wildman–Crippen MR) is 132 cm³/mol. The molecule has 7 heteroatoms. The van der Waals surface area contributed by atoms with Crippen molar-refractivity contribution in [2.45, 2.75) is 25.6 Å². The first-order valence-electron chi connectivity index (χ1n) is 11.0. The Kier molecular flexibility index (Phi) is 8.87. The Bertz CT molecular complexity index is 1200. The van der Waals surface area contributed by atoms with E-state index in [1.165, 1.54) is 17.1 Å².